The van der Waals surface area contributed by atoms with Gasteiger partial charge in [0.1, 0.15) is 0 Å². The van der Waals surface area contributed by atoms with Gasteiger partial charge in [0.25, 0.3) is 0 Å². The summed E-state index contributed by atoms with van der Waals surface area (Å²) < 4.78 is 0. The van der Waals surface area contributed by atoms with Crippen LogP contribution in [0.25, 0.3) is 0 Å². The molecule has 2 nitrogen and oxygen atoms in total. The summed E-state index contributed by atoms with van der Waals surface area (Å²) >= 11 is 0. The molecule has 2 aliphatic heterocycles. The van der Waals surface area contributed by atoms with Crippen LogP contribution in [0.1, 0.15) is 13.8 Å². The number of nitrogens with one attached hydrogen (secondary N) is 1. The molecule has 2 aliphatic rings. The zero-order valence-corrected chi connectivity index (χ0v) is 9.00. The van der Waals surface area contributed by atoms with Gasteiger partial charge in [0.2, 0.25) is 0 Å². The van der Waals surface area contributed by atoms with Gasteiger partial charge in [0, 0.05) is 37.0 Å². The Hall–Kier alpha value is 0.210. The van der Waals surface area contributed by atoms with Crippen LogP contribution in [0.4, 0.5) is 0 Å². The summed E-state index contributed by atoms with van der Waals surface area (Å²) in [5.41, 5.74) is 1.06. The van der Waals surface area contributed by atoms with Crippen molar-refractivity contribution in [3.63, 3.8) is 0 Å². The van der Waals surface area contributed by atoms with E-state index in [2.05, 4.69) is 31.1 Å². The summed E-state index contributed by atoms with van der Waals surface area (Å²) in [6.07, 6.45) is 0. The van der Waals surface area contributed by atoms with Gasteiger partial charge < -0.3 is 10.2 Å². The van der Waals surface area contributed by atoms with E-state index in [-0.39, 0.29) is 12.4 Å². The Labute approximate surface area is 81.1 Å². The second-order valence-electron chi connectivity index (χ2n) is 4.90. The average molecular weight is 191 g/mol. The van der Waals surface area contributed by atoms with Crippen LogP contribution >= 0.6 is 12.4 Å². The molecule has 2 unspecified atom stereocenters. The lowest BCUT2D eigenvalue weighted by molar-refractivity contribution is 0.212. The van der Waals surface area contributed by atoms with Gasteiger partial charge in [0.05, 0.1) is 0 Å². The van der Waals surface area contributed by atoms with Crippen LogP contribution < -0.4 is 5.32 Å². The Morgan fingerprint density at radius 1 is 1.08 bits per heavy atom. The molecule has 1 N–H and O–H groups in total. The summed E-state index contributed by atoms with van der Waals surface area (Å²) in [7, 11) is 2.23. The normalized spacial score (nSPS) is 47.2. The summed E-state index contributed by atoms with van der Waals surface area (Å²) in [5.74, 6) is 0. The Morgan fingerprint density at radius 3 is 1.92 bits per heavy atom. The van der Waals surface area contributed by atoms with Crippen molar-refractivity contribution in [3.05, 3.63) is 0 Å². The monoisotopic (exact) mass is 190 g/mol. The summed E-state index contributed by atoms with van der Waals surface area (Å²) in [4.78, 5) is 2.46. The number of hydrogen-bond donors (Lipinski definition) is 1. The first-order chi connectivity index (χ1) is 5.06. The lowest BCUT2D eigenvalue weighted by Gasteiger charge is -2.31. The molecule has 0 aliphatic carbocycles. The van der Waals surface area contributed by atoms with Crippen LogP contribution in [0.2, 0.25) is 0 Å². The maximum Gasteiger partial charge on any atom is 0.00509 e. The van der Waals surface area contributed by atoms with Gasteiger partial charge in [-0.05, 0) is 7.05 Å². The molecule has 2 saturated heterocycles. The highest BCUT2D eigenvalue weighted by molar-refractivity contribution is 5.85. The highest BCUT2D eigenvalue weighted by atomic mass is 35.5. The van der Waals surface area contributed by atoms with Crippen molar-refractivity contribution in [3.8, 4) is 0 Å². The highest BCUT2D eigenvalue weighted by Gasteiger charge is 2.53. The van der Waals surface area contributed by atoms with Gasteiger partial charge in [-0.15, -0.1) is 12.4 Å². The number of nitrogens with zero attached hydrogens (tertiary/aromatic N) is 1. The predicted octanol–water partition coefficient (Wildman–Crippen LogP) is 0.969. The van der Waals surface area contributed by atoms with Crippen LogP contribution in [-0.4, -0.2) is 38.1 Å². The first-order valence-electron chi connectivity index (χ1n) is 4.45. The number of fused-ring (bicyclic) bond motifs is 1. The van der Waals surface area contributed by atoms with Gasteiger partial charge in [-0.25, -0.2) is 0 Å². The van der Waals surface area contributed by atoms with Crippen molar-refractivity contribution in [1.29, 1.82) is 0 Å². The fraction of sp³-hybridized carbons (Fsp3) is 1.00. The molecule has 0 bridgehead atoms. The molecule has 72 valence electrons. The van der Waals surface area contributed by atoms with E-state index in [1.54, 1.807) is 0 Å². The third-order valence-corrected chi connectivity index (χ3v) is 3.73. The Morgan fingerprint density at radius 2 is 1.50 bits per heavy atom. The van der Waals surface area contributed by atoms with E-state index in [1.807, 2.05) is 0 Å². The minimum absolute atomic E-state index is 0. The standard InChI is InChI=1S/C9H18N2.ClH/c1-8-4-10-5-9(8,2)7-11(3)6-8;/h10H,4-7H2,1-3H3;1H. The molecule has 2 fully saturated rings. The number of halogens is 1. The van der Waals surface area contributed by atoms with E-state index in [9.17, 15) is 0 Å². The quantitative estimate of drug-likeness (QED) is 0.613. The van der Waals surface area contributed by atoms with E-state index in [1.165, 1.54) is 26.2 Å². The molecule has 0 aromatic heterocycles. The fourth-order valence-electron chi connectivity index (χ4n) is 2.78. The van der Waals surface area contributed by atoms with Crippen molar-refractivity contribution < 1.29 is 0 Å². The third-order valence-electron chi connectivity index (χ3n) is 3.73. The summed E-state index contributed by atoms with van der Waals surface area (Å²) in [5, 5.41) is 3.50. The Balaban J connectivity index is 0.000000720. The van der Waals surface area contributed by atoms with Crippen molar-refractivity contribution in [1.82, 2.24) is 10.2 Å². The molecular formula is C9H19ClN2. The molecule has 0 radical (unpaired) electrons. The predicted molar refractivity (Wildman–Crippen MR) is 53.8 cm³/mol. The first kappa shape index (κ1) is 10.3. The second-order valence-corrected chi connectivity index (χ2v) is 4.90. The SMILES string of the molecule is CN1CC2(C)CNCC2(C)C1.Cl. The smallest absolute Gasteiger partial charge is 0.00509 e. The van der Waals surface area contributed by atoms with E-state index < -0.39 is 0 Å². The molecular weight excluding hydrogens is 172 g/mol. The topological polar surface area (TPSA) is 15.3 Å². The van der Waals surface area contributed by atoms with E-state index in [0.29, 0.717) is 10.8 Å². The van der Waals surface area contributed by atoms with Crippen LogP contribution in [0, 0.1) is 10.8 Å². The molecule has 12 heavy (non-hydrogen) atoms. The highest BCUT2D eigenvalue weighted by Crippen LogP contribution is 2.47. The van der Waals surface area contributed by atoms with Crippen LogP contribution in [0.3, 0.4) is 0 Å². The second kappa shape index (κ2) is 2.86. The number of likely N-dealkylation sites (tertiary alicyclic amines) is 1. The molecule has 0 saturated carbocycles. The fourth-order valence-corrected chi connectivity index (χ4v) is 2.78. The molecule has 2 rings (SSSR count). The maximum absolute atomic E-state index is 3.50. The van der Waals surface area contributed by atoms with Crippen molar-refractivity contribution in [2.75, 3.05) is 33.2 Å². The molecule has 2 atom stereocenters. The zero-order valence-electron chi connectivity index (χ0n) is 8.18. The molecule has 0 aromatic carbocycles. The van der Waals surface area contributed by atoms with Crippen LogP contribution in [0.15, 0.2) is 0 Å². The van der Waals surface area contributed by atoms with Crippen LogP contribution in [-0.2, 0) is 0 Å². The van der Waals surface area contributed by atoms with Gasteiger partial charge in [-0.2, -0.15) is 0 Å². The van der Waals surface area contributed by atoms with Crippen molar-refractivity contribution in [2.24, 2.45) is 10.8 Å². The van der Waals surface area contributed by atoms with Crippen LogP contribution in [0.5, 0.6) is 0 Å². The van der Waals surface area contributed by atoms with E-state index in [0.717, 1.165) is 0 Å². The number of hydrogen-bond acceptors (Lipinski definition) is 2. The lowest BCUT2D eigenvalue weighted by Crippen LogP contribution is -2.34. The summed E-state index contributed by atoms with van der Waals surface area (Å²) in [6.45, 7) is 9.75. The molecule has 0 amide bonds. The maximum atomic E-state index is 3.50. The Kier molecular flexibility index (Phi) is 2.45. The van der Waals surface area contributed by atoms with E-state index in [4.69, 9.17) is 0 Å². The van der Waals surface area contributed by atoms with Crippen molar-refractivity contribution in [2.45, 2.75) is 13.8 Å². The first-order valence-corrected chi connectivity index (χ1v) is 4.45. The molecule has 0 aromatic rings. The molecule has 2 heterocycles. The average Bonchev–Trinajstić information content (AvgIpc) is 2.16. The zero-order chi connectivity index (χ0) is 8.11. The summed E-state index contributed by atoms with van der Waals surface area (Å²) in [6, 6.07) is 0. The lowest BCUT2D eigenvalue weighted by atomic mass is 9.71. The van der Waals surface area contributed by atoms with Gasteiger partial charge in [-0.3, -0.25) is 0 Å². The largest absolute Gasteiger partial charge is 0.316 e. The van der Waals surface area contributed by atoms with Gasteiger partial charge in [-0.1, -0.05) is 13.8 Å². The molecule has 0 spiro atoms. The van der Waals surface area contributed by atoms with Crippen molar-refractivity contribution >= 4 is 12.4 Å². The third kappa shape index (κ3) is 1.17. The van der Waals surface area contributed by atoms with Gasteiger partial charge >= 0.3 is 0 Å². The minimum atomic E-state index is 0. The Bertz CT molecular complexity index is 167. The number of rotatable bonds is 0. The van der Waals surface area contributed by atoms with E-state index >= 15 is 0 Å². The minimum Gasteiger partial charge on any atom is -0.316 e. The van der Waals surface area contributed by atoms with Gasteiger partial charge in [0.15, 0.2) is 0 Å². The molecule has 3 heteroatoms.